The van der Waals surface area contributed by atoms with Gasteiger partial charge in [0.25, 0.3) is 0 Å². The van der Waals surface area contributed by atoms with Crippen molar-refractivity contribution in [3.8, 4) is 0 Å². The van der Waals surface area contributed by atoms with Gasteiger partial charge in [-0.05, 0) is 37.5 Å². The highest BCUT2D eigenvalue weighted by Gasteiger charge is 2.24. The Labute approximate surface area is 130 Å². The van der Waals surface area contributed by atoms with Crippen molar-refractivity contribution >= 4 is 0 Å². The number of aliphatic hydroxyl groups is 1. The van der Waals surface area contributed by atoms with E-state index in [1.165, 1.54) is 5.56 Å². The molecule has 120 valence electrons. The maximum absolute atomic E-state index is 10.6. The molecule has 0 aliphatic rings. The molecular formula is C18H32N2O. The van der Waals surface area contributed by atoms with Gasteiger partial charge in [0.15, 0.2) is 0 Å². The molecule has 0 bridgehead atoms. The first-order valence-electron chi connectivity index (χ1n) is 8.25. The average Bonchev–Trinajstić information content (AvgIpc) is 2.48. The van der Waals surface area contributed by atoms with Crippen molar-refractivity contribution in [3.05, 3.63) is 35.9 Å². The van der Waals surface area contributed by atoms with Crippen molar-refractivity contribution in [1.82, 2.24) is 10.2 Å². The van der Waals surface area contributed by atoms with E-state index in [4.69, 9.17) is 0 Å². The topological polar surface area (TPSA) is 35.5 Å². The van der Waals surface area contributed by atoms with Gasteiger partial charge in [-0.2, -0.15) is 0 Å². The first kappa shape index (κ1) is 18.1. The van der Waals surface area contributed by atoms with Crippen LogP contribution in [-0.2, 0) is 6.42 Å². The van der Waals surface area contributed by atoms with Crippen LogP contribution in [0, 0.1) is 5.92 Å². The average molecular weight is 292 g/mol. The predicted octanol–water partition coefficient (Wildman–Crippen LogP) is 2.55. The summed E-state index contributed by atoms with van der Waals surface area (Å²) in [6, 6.07) is 10.6. The molecular weight excluding hydrogens is 260 g/mol. The summed E-state index contributed by atoms with van der Waals surface area (Å²) in [7, 11) is 0. The second-order valence-corrected chi connectivity index (χ2v) is 6.10. The molecule has 2 atom stereocenters. The Hall–Kier alpha value is -0.900. The Morgan fingerprint density at radius 3 is 2.19 bits per heavy atom. The number of likely N-dealkylation sites (N-methyl/N-ethyl adjacent to an activating group) is 1. The SMILES string of the molecule is CCN(CC)[C@@H](Cc1ccccc1)[C@H](O)CNCC(C)C. The first-order chi connectivity index (χ1) is 10.1. The first-order valence-corrected chi connectivity index (χ1v) is 8.25. The van der Waals surface area contributed by atoms with Crippen LogP contribution in [0.5, 0.6) is 0 Å². The van der Waals surface area contributed by atoms with Crippen LogP contribution in [0.3, 0.4) is 0 Å². The molecule has 0 heterocycles. The molecule has 1 rings (SSSR count). The van der Waals surface area contributed by atoms with E-state index in [1.54, 1.807) is 0 Å². The summed E-state index contributed by atoms with van der Waals surface area (Å²) < 4.78 is 0. The van der Waals surface area contributed by atoms with Gasteiger partial charge >= 0.3 is 0 Å². The number of nitrogens with one attached hydrogen (secondary N) is 1. The Bertz CT molecular complexity index is 363. The number of hydrogen-bond donors (Lipinski definition) is 2. The van der Waals surface area contributed by atoms with Gasteiger partial charge in [-0.3, -0.25) is 4.90 Å². The Kier molecular flexibility index (Phi) is 8.58. The number of benzene rings is 1. The van der Waals surface area contributed by atoms with E-state index in [2.05, 4.69) is 62.2 Å². The smallest absolute Gasteiger partial charge is 0.0822 e. The molecule has 0 aliphatic carbocycles. The van der Waals surface area contributed by atoms with Crippen LogP contribution in [0.2, 0.25) is 0 Å². The fourth-order valence-corrected chi connectivity index (χ4v) is 2.71. The molecule has 0 saturated carbocycles. The van der Waals surface area contributed by atoms with E-state index in [9.17, 15) is 5.11 Å². The summed E-state index contributed by atoms with van der Waals surface area (Å²) in [6.07, 6.45) is 0.552. The molecule has 3 heteroatoms. The fourth-order valence-electron chi connectivity index (χ4n) is 2.71. The lowest BCUT2D eigenvalue weighted by atomic mass is 9.99. The monoisotopic (exact) mass is 292 g/mol. The second kappa shape index (κ2) is 9.93. The van der Waals surface area contributed by atoms with Crippen molar-refractivity contribution in [2.24, 2.45) is 5.92 Å². The van der Waals surface area contributed by atoms with Gasteiger partial charge in [0.05, 0.1) is 6.10 Å². The summed E-state index contributed by atoms with van der Waals surface area (Å²) in [5.74, 6) is 0.609. The summed E-state index contributed by atoms with van der Waals surface area (Å²) in [5, 5.41) is 14.0. The third-order valence-corrected chi connectivity index (χ3v) is 3.92. The van der Waals surface area contributed by atoms with Crippen molar-refractivity contribution < 1.29 is 5.11 Å². The minimum atomic E-state index is -0.344. The van der Waals surface area contributed by atoms with Gasteiger partial charge in [-0.25, -0.2) is 0 Å². The molecule has 0 amide bonds. The molecule has 0 spiro atoms. The fraction of sp³-hybridized carbons (Fsp3) is 0.667. The molecule has 2 N–H and O–H groups in total. The molecule has 21 heavy (non-hydrogen) atoms. The standard InChI is InChI=1S/C18H32N2O/c1-5-20(6-2)17(12-16-10-8-7-9-11-16)18(21)14-19-13-15(3)4/h7-11,15,17-19,21H,5-6,12-14H2,1-4H3/t17-,18+/m0/s1. The van der Waals surface area contributed by atoms with E-state index in [1.807, 2.05) is 6.07 Å². The van der Waals surface area contributed by atoms with Crippen molar-refractivity contribution in [2.45, 2.75) is 46.3 Å². The second-order valence-electron chi connectivity index (χ2n) is 6.10. The van der Waals surface area contributed by atoms with Gasteiger partial charge < -0.3 is 10.4 Å². The summed E-state index contributed by atoms with van der Waals surface area (Å²) >= 11 is 0. The number of hydrogen-bond acceptors (Lipinski definition) is 3. The van der Waals surface area contributed by atoms with Crippen molar-refractivity contribution in [1.29, 1.82) is 0 Å². The highest BCUT2D eigenvalue weighted by Crippen LogP contribution is 2.12. The molecule has 1 aromatic carbocycles. The largest absolute Gasteiger partial charge is 0.390 e. The van der Waals surface area contributed by atoms with Gasteiger partial charge in [-0.15, -0.1) is 0 Å². The van der Waals surface area contributed by atoms with Crippen LogP contribution in [0.1, 0.15) is 33.3 Å². The molecule has 0 aromatic heterocycles. The molecule has 0 aliphatic heterocycles. The summed E-state index contributed by atoms with van der Waals surface area (Å²) in [6.45, 7) is 12.2. The molecule has 3 nitrogen and oxygen atoms in total. The molecule has 0 fully saturated rings. The van der Waals surface area contributed by atoms with Crippen LogP contribution >= 0.6 is 0 Å². The van der Waals surface area contributed by atoms with E-state index in [0.717, 1.165) is 26.1 Å². The van der Waals surface area contributed by atoms with Gasteiger partial charge in [0.2, 0.25) is 0 Å². The lowest BCUT2D eigenvalue weighted by Crippen LogP contribution is -2.49. The molecule has 1 aromatic rings. The van der Waals surface area contributed by atoms with E-state index in [0.29, 0.717) is 12.5 Å². The normalized spacial score (nSPS) is 14.6. The number of rotatable bonds is 10. The third kappa shape index (κ3) is 6.60. The zero-order valence-electron chi connectivity index (χ0n) is 14.0. The van der Waals surface area contributed by atoms with Crippen molar-refractivity contribution in [2.75, 3.05) is 26.2 Å². The Morgan fingerprint density at radius 1 is 1.05 bits per heavy atom. The highest BCUT2D eigenvalue weighted by molar-refractivity contribution is 5.16. The molecule has 0 saturated heterocycles. The quantitative estimate of drug-likeness (QED) is 0.696. The zero-order chi connectivity index (χ0) is 15.7. The maximum Gasteiger partial charge on any atom is 0.0822 e. The highest BCUT2D eigenvalue weighted by atomic mass is 16.3. The lowest BCUT2D eigenvalue weighted by molar-refractivity contribution is 0.0538. The summed E-state index contributed by atoms with van der Waals surface area (Å²) in [4.78, 5) is 2.36. The van der Waals surface area contributed by atoms with Gasteiger partial charge in [0.1, 0.15) is 0 Å². The predicted molar refractivity (Wildman–Crippen MR) is 90.6 cm³/mol. The Balaban J connectivity index is 2.67. The zero-order valence-corrected chi connectivity index (χ0v) is 14.0. The van der Waals surface area contributed by atoms with Crippen LogP contribution in [0.25, 0.3) is 0 Å². The van der Waals surface area contributed by atoms with Crippen LogP contribution < -0.4 is 5.32 Å². The van der Waals surface area contributed by atoms with Crippen LogP contribution in [0.4, 0.5) is 0 Å². The minimum absolute atomic E-state index is 0.169. The van der Waals surface area contributed by atoms with E-state index < -0.39 is 0 Å². The van der Waals surface area contributed by atoms with Crippen LogP contribution in [0.15, 0.2) is 30.3 Å². The number of aliphatic hydroxyl groups excluding tert-OH is 1. The molecule has 0 unspecified atom stereocenters. The number of nitrogens with zero attached hydrogens (tertiary/aromatic N) is 1. The van der Waals surface area contributed by atoms with Gasteiger partial charge in [-0.1, -0.05) is 58.0 Å². The maximum atomic E-state index is 10.6. The van der Waals surface area contributed by atoms with E-state index >= 15 is 0 Å². The van der Waals surface area contributed by atoms with Crippen LogP contribution in [-0.4, -0.2) is 48.3 Å². The third-order valence-electron chi connectivity index (χ3n) is 3.92. The lowest BCUT2D eigenvalue weighted by Gasteiger charge is -2.34. The van der Waals surface area contributed by atoms with E-state index in [-0.39, 0.29) is 12.1 Å². The minimum Gasteiger partial charge on any atom is -0.390 e. The summed E-state index contributed by atoms with van der Waals surface area (Å²) in [5.41, 5.74) is 1.29. The molecule has 0 radical (unpaired) electrons. The van der Waals surface area contributed by atoms with Crippen molar-refractivity contribution in [3.63, 3.8) is 0 Å². The Morgan fingerprint density at radius 2 is 1.67 bits per heavy atom. The van der Waals surface area contributed by atoms with Gasteiger partial charge in [0, 0.05) is 12.6 Å².